The Morgan fingerprint density at radius 1 is 1.25 bits per heavy atom. The standard InChI is InChI=1S/C17H27BrN4O.HI/c1-14(15-4-6-16(18)7-5-15)21-9-11-22(12-10-21)17(19-2)20-8-13-23-3;/h4-7,14H,8-13H2,1-3H3,(H,19,20);1H. The van der Waals surface area contributed by atoms with Gasteiger partial charge in [0.2, 0.25) is 0 Å². The summed E-state index contributed by atoms with van der Waals surface area (Å²) in [5.74, 6) is 0.970. The Hall–Kier alpha value is -0.380. The molecule has 7 heteroatoms. The van der Waals surface area contributed by atoms with Gasteiger partial charge in [0.05, 0.1) is 6.61 Å². The fourth-order valence-corrected chi connectivity index (χ4v) is 3.13. The molecule has 1 aromatic rings. The molecule has 0 spiro atoms. The number of halogens is 2. The van der Waals surface area contributed by atoms with Crippen molar-refractivity contribution < 1.29 is 4.74 Å². The maximum atomic E-state index is 5.08. The van der Waals surface area contributed by atoms with E-state index in [0.717, 1.165) is 43.2 Å². The van der Waals surface area contributed by atoms with Gasteiger partial charge in [-0.1, -0.05) is 28.1 Å². The zero-order chi connectivity index (χ0) is 16.7. The van der Waals surface area contributed by atoms with Gasteiger partial charge in [-0.3, -0.25) is 9.89 Å². The molecule has 0 amide bonds. The fourth-order valence-electron chi connectivity index (χ4n) is 2.87. The zero-order valence-electron chi connectivity index (χ0n) is 14.7. The highest BCUT2D eigenvalue weighted by atomic mass is 127. The molecule has 1 unspecified atom stereocenters. The molecule has 1 aliphatic heterocycles. The van der Waals surface area contributed by atoms with Crippen molar-refractivity contribution in [2.24, 2.45) is 4.99 Å². The summed E-state index contributed by atoms with van der Waals surface area (Å²) in [6.45, 7) is 7.84. The van der Waals surface area contributed by atoms with Gasteiger partial charge >= 0.3 is 0 Å². The third-order valence-corrected chi connectivity index (χ3v) is 4.84. The number of nitrogens with zero attached hydrogens (tertiary/aromatic N) is 3. The molecule has 1 fully saturated rings. The van der Waals surface area contributed by atoms with Gasteiger partial charge in [0.15, 0.2) is 5.96 Å². The van der Waals surface area contributed by atoms with Crippen LogP contribution in [0.1, 0.15) is 18.5 Å². The van der Waals surface area contributed by atoms with Crippen LogP contribution in [0.2, 0.25) is 0 Å². The number of rotatable bonds is 5. The van der Waals surface area contributed by atoms with Crippen LogP contribution < -0.4 is 5.32 Å². The van der Waals surface area contributed by atoms with Gasteiger partial charge in [-0.05, 0) is 24.6 Å². The van der Waals surface area contributed by atoms with Gasteiger partial charge in [-0.2, -0.15) is 0 Å². The highest BCUT2D eigenvalue weighted by Crippen LogP contribution is 2.23. The summed E-state index contributed by atoms with van der Waals surface area (Å²) in [7, 11) is 3.55. The molecule has 0 aromatic heterocycles. The summed E-state index contributed by atoms with van der Waals surface area (Å²) < 4.78 is 6.21. The van der Waals surface area contributed by atoms with E-state index >= 15 is 0 Å². The number of guanidine groups is 1. The molecule has 24 heavy (non-hydrogen) atoms. The second-order valence-corrected chi connectivity index (χ2v) is 6.63. The largest absolute Gasteiger partial charge is 0.383 e. The number of ether oxygens (including phenoxy) is 1. The molecular formula is C17H28BrIN4O. The van der Waals surface area contributed by atoms with E-state index < -0.39 is 0 Å². The van der Waals surface area contributed by atoms with E-state index in [9.17, 15) is 0 Å². The molecule has 1 atom stereocenters. The molecule has 0 saturated carbocycles. The minimum Gasteiger partial charge on any atom is -0.383 e. The van der Waals surface area contributed by atoms with Crippen LogP contribution in [0.4, 0.5) is 0 Å². The number of hydrogen-bond acceptors (Lipinski definition) is 3. The molecule has 0 radical (unpaired) electrons. The molecule has 0 aliphatic carbocycles. The van der Waals surface area contributed by atoms with Crippen LogP contribution in [-0.2, 0) is 4.74 Å². The summed E-state index contributed by atoms with van der Waals surface area (Å²) in [6.07, 6.45) is 0. The molecule has 136 valence electrons. The Morgan fingerprint density at radius 2 is 1.88 bits per heavy atom. The average Bonchev–Trinajstić information content (AvgIpc) is 2.59. The van der Waals surface area contributed by atoms with Gasteiger partial charge in [0, 0.05) is 57.4 Å². The quantitative estimate of drug-likeness (QED) is 0.286. The van der Waals surface area contributed by atoms with Crippen LogP contribution >= 0.6 is 39.9 Å². The smallest absolute Gasteiger partial charge is 0.193 e. The molecule has 1 saturated heterocycles. The lowest BCUT2D eigenvalue weighted by Gasteiger charge is -2.39. The first-order valence-corrected chi connectivity index (χ1v) is 8.89. The molecule has 1 N–H and O–H groups in total. The van der Waals surface area contributed by atoms with Crippen molar-refractivity contribution in [1.29, 1.82) is 0 Å². The lowest BCUT2D eigenvalue weighted by Crippen LogP contribution is -2.53. The third kappa shape index (κ3) is 6.16. The van der Waals surface area contributed by atoms with Crippen molar-refractivity contribution in [3.63, 3.8) is 0 Å². The van der Waals surface area contributed by atoms with Crippen LogP contribution in [0.3, 0.4) is 0 Å². The fraction of sp³-hybridized carbons (Fsp3) is 0.588. The molecule has 2 rings (SSSR count). The Morgan fingerprint density at radius 3 is 2.42 bits per heavy atom. The number of methoxy groups -OCH3 is 1. The molecule has 1 aliphatic rings. The normalized spacial score (nSPS) is 17.3. The highest BCUT2D eigenvalue weighted by molar-refractivity contribution is 14.0. The van der Waals surface area contributed by atoms with Gasteiger partial charge in [0.25, 0.3) is 0 Å². The van der Waals surface area contributed by atoms with Gasteiger partial charge < -0.3 is 15.0 Å². The first-order valence-electron chi connectivity index (χ1n) is 8.09. The summed E-state index contributed by atoms with van der Waals surface area (Å²) in [6, 6.07) is 9.07. The van der Waals surface area contributed by atoms with Crippen molar-refractivity contribution in [3.05, 3.63) is 34.3 Å². The van der Waals surface area contributed by atoms with Crippen molar-refractivity contribution >= 4 is 45.9 Å². The van der Waals surface area contributed by atoms with Crippen LogP contribution in [-0.4, -0.2) is 69.2 Å². The number of piperazine rings is 1. The number of nitrogens with one attached hydrogen (secondary N) is 1. The second kappa shape index (κ2) is 11.3. The lowest BCUT2D eigenvalue weighted by atomic mass is 10.1. The molecule has 1 heterocycles. The van der Waals surface area contributed by atoms with Crippen molar-refractivity contribution in [2.75, 3.05) is 53.5 Å². The van der Waals surface area contributed by atoms with Crippen molar-refractivity contribution in [1.82, 2.24) is 15.1 Å². The first kappa shape index (κ1) is 21.7. The van der Waals surface area contributed by atoms with Gasteiger partial charge in [-0.25, -0.2) is 0 Å². The third-order valence-electron chi connectivity index (χ3n) is 4.32. The predicted octanol–water partition coefficient (Wildman–Crippen LogP) is 2.97. The predicted molar refractivity (Wildman–Crippen MR) is 114 cm³/mol. The minimum absolute atomic E-state index is 0. The van der Waals surface area contributed by atoms with Crippen molar-refractivity contribution in [2.45, 2.75) is 13.0 Å². The van der Waals surface area contributed by atoms with E-state index in [-0.39, 0.29) is 24.0 Å². The Bertz CT molecular complexity index is 504. The Labute approximate surface area is 171 Å². The maximum absolute atomic E-state index is 5.08. The highest BCUT2D eigenvalue weighted by Gasteiger charge is 2.23. The molecular weight excluding hydrogens is 483 g/mol. The van der Waals surface area contributed by atoms with Crippen LogP contribution in [0.5, 0.6) is 0 Å². The Kier molecular flexibility index (Phi) is 10.2. The number of aliphatic imine (C=N–C) groups is 1. The van der Waals surface area contributed by atoms with E-state index in [1.807, 2.05) is 7.05 Å². The minimum atomic E-state index is 0. The monoisotopic (exact) mass is 510 g/mol. The maximum Gasteiger partial charge on any atom is 0.193 e. The molecule has 1 aromatic carbocycles. The van der Waals surface area contributed by atoms with E-state index in [2.05, 4.69) is 67.2 Å². The average molecular weight is 511 g/mol. The van der Waals surface area contributed by atoms with E-state index in [0.29, 0.717) is 12.6 Å². The summed E-state index contributed by atoms with van der Waals surface area (Å²) in [4.78, 5) is 9.22. The van der Waals surface area contributed by atoms with Gasteiger partial charge in [-0.15, -0.1) is 24.0 Å². The summed E-state index contributed by atoms with van der Waals surface area (Å²) >= 11 is 3.50. The van der Waals surface area contributed by atoms with E-state index in [1.165, 1.54) is 5.56 Å². The zero-order valence-corrected chi connectivity index (χ0v) is 18.6. The van der Waals surface area contributed by atoms with E-state index in [4.69, 9.17) is 4.74 Å². The van der Waals surface area contributed by atoms with E-state index in [1.54, 1.807) is 7.11 Å². The second-order valence-electron chi connectivity index (χ2n) is 5.72. The summed E-state index contributed by atoms with van der Waals surface area (Å²) in [5.41, 5.74) is 1.37. The lowest BCUT2D eigenvalue weighted by molar-refractivity contribution is 0.137. The molecule has 5 nitrogen and oxygen atoms in total. The summed E-state index contributed by atoms with van der Waals surface area (Å²) in [5, 5.41) is 3.35. The van der Waals surface area contributed by atoms with Crippen molar-refractivity contribution in [3.8, 4) is 0 Å². The van der Waals surface area contributed by atoms with Crippen LogP contribution in [0.15, 0.2) is 33.7 Å². The Balaban J connectivity index is 0.00000288. The van der Waals surface area contributed by atoms with Gasteiger partial charge in [0.1, 0.15) is 0 Å². The number of benzene rings is 1. The van der Waals surface area contributed by atoms with Crippen LogP contribution in [0.25, 0.3) is 0 Å². The number of hydrogen-bond donors (Lipinski definition) is 1. The van der Waals surface area contributed by atoms with Crippen LogP contribution in [0, 0.1) is 0 Å². The first-order chi connectivity index (χ1) is 11.2. The SMILES string of the molecule is CN=C(NCCOC)N1CCN(C(C)c2ccc(Br)cc2)CC1.I. The topological polar surface area (TPSA) is 40.1 Å². The molecule has 0 bridgehead atoms.